The topological polar surface area (TPSA) is 75.6 Å². The molecular weight excluding hydrogens is 241 g/mol. The van der Waals surface area contributed by atoms with Crippen LogP contribution in [0.25, 0.3) is 0 Å². The standard InChI is InChI=1S/C12H12FNO4/c1-18-9-6-7(13)2-3-8(9)14-10(15)12(4-5-12)11(16)17/h2-3,6H,4-5H2,1H3,(H,14,15)(H,16,17). The fraction of sp³-hybridized carbons (Fsp3) is 0.333. The third kappa shape index (κ3) is 2.01. The van der Waals surface area contributed by atoms with E-state index in [2.05, 4.69) is 5.32 Å². The van der Waals surface area contributed by atoms with Gasteiger partial charge in [-0.15, -0.1) is 0 Å². The lowest BCUT2D eigenvalue weighted by molar-refractivity contribution is -0.147. The number of carbonyl (C=O) groups excluding carboxylic acids is 1. The minimum atomic E-state index is -1.33. The number of carboxylic acid groups (broad SMARTS) is 1. The summed E-state index contributed by atoms with van der Waals surface area (Å²) in [7, 11) is 1.34. The van der Waals surface area contributed by atoms with Crippen molar-refractivity contribution in [1.82, 2.24) is 0 Å². The van der Waals surface area contributed by atoms with E-state index in [1.54, 1.807) is 0 Å². The molecule has 0 unspecified atom stereocenters. The van der Waals surface area contributed by atoms with Gasteiger partial charge >= 0.3 is 5.97 Å². The lowest BCUT2D eigenvalue weighted by atomic mass is 10.1. The maximum Gasteiger partial charge on any atom is 0.319 e. The summed E-state index contributed by atoms with van der Waals surface area (Å²) in [6.07, 6.45) is 0.634. The monoisotopic (exact) mass is 253 g/mol. The van der Waals surface area contributed by atoms with Crippen molar-refractivity contribution in [3.63, 3.8) is 0 Å². The number of nitrogens with one attached hydrogen (secondary N) is 1. The molecule has 96 valence electrons. The van der Waals surface area contributed by atoms with E-state index in [1.165, 1.54) is 19.2 Å². The SMILES string of the molecule is COc1cc(F)ccc1NC(=O)C1(C(=O)O)CC1. The Balaban J connectivity index is 2.20. The van der Waals surface area contributed by atoms with Crippen LogP contribution in [0.4, 0.5) is 10.1 Å². The number of halogens is 1. The minimum Gasteiger partial charge on any atom is -0.494 e. The third-order valence-electron chi connectivity index (χ3n) is 3.01. The summed E-state index contributed by atoms with van der Waals surface area (Å²) in [5, 5.41) is 11.4. The highest BCUT2D eigenvalue weighted by Gasteiger charge is 2.57. The van der Waals surface area contributed by atoms with Gasteiger partial charge in [0.05, 0.1) is 12.8 Å². The Bertz CT molecular complexity index is 511. The van der Waals surface area contributed by atoms with Gasteiger partial charge in [-0.3, -0.25) is 9.59 Å². The van der Waals surface area contributed by atoms with Crippen molar-refractivity contribution in [1.29, 1.82) is 0 Å². The first kappa shape index (κ1) is 12.3. The van der Waals surface area contributed by atoms with Gasteiger partial charge in [0.25, 0.3) is 0 Å². The first-order valence-corrected chi connectivity index (χ1v) is 5.38. The largest absolute Gasteiger partial charge is 0.494 e. The van der Waals surface area contributed by atoms with E-state index >= 15 is 0 Å². The van der Waals surface area contributed by atoms with E-state index in [9.17, 15) is 14.0 Å². The predicted octanol–water partition coefficient (Wildman–Crippen LogP) is 1.64. The van der Waals surface area contributed by atoms with Crippen molar-refractivity contribution in [2.45, 2.75) is 12.8 Å². The van der Waals surface area contributed by atoms with Crippen LogP contribution in [0.3, 0.4) is 0 Å². The summed E-state index contributed by atoms with van der Waals surface area (Å²) in [6, 6.07) is 3.62. The third-order valence-corrected chi connectivity index (χ3v) is 3.01. The van der Waals surface area contributed by atoms with Gasteiger partial charge < -0.3 is 15.2 Å². The number of carbonyl (C=O) groups is 2. The maximum atomic E-state index is 13.0. The first-order valence-electron chi connectivity index (χ1n) is 5.38. The Kier molecular flexibility index (Phi) is 2.94. The number of carboxylic acids is 1. The van der Waals surface area contributed by atoms with Crippen LogP contribution < -0.4 is 10.1 Å². The van der Waals surface area contributed by atoms with Crippen LogP contribution in [0, 0.1) is 11.2 Å². The average Bonchev–Trinajstić information content (AvgIpc) is 3.12. The Morgan fingerprint density at radius 3 is 2.61 bits per heavy atom. The molecule has 0 aliphatic heterocycles. The van der Waals surface area contributed by atoms with Gasteiger partial charge in [-0.2, -0.15) is 0 Å². The molecule has 0 spiro atoms. The molecule has 1 aromatic carbocycles. The second-order valence-corrected chi connectivity index (χ2v) is 4.19. The maximum absolute atomic E-state index is 13.0. The minimum absolute atomic E-state index is 0.157. The van der Waals surface area contributed by atoms with Crippen molar-refractivity contribution in [2.24, 2.45) is 5.41 Å². The molecule has 1 amide bonds. The molecular formula is C12H12FNO4. The Morgan fingerprint density at radius 1 is 1.44 bits per heavy atom. The predicted molar refractivity (Wildman–Crippen MR) is 60.9 cm³/mol. The molecule has 0 bridgehead atoms. The number of hydrogen-bond acceptors (Lipinski definition) is 3. The van der Waals surface area contributed by atoms with Crippen LogP contribution in [-0.4, -0.2) is 24.1 Å². The number of rotatable bonds is 4. The Morgan fingerprint density at radius 2 is 2.11 bits per heavy atom. The van der Waals surface area contributed by atoms with Crippen molar-refractivity contribution in [3.8, 4) is 5.75 Å². The zero-order valence-corrected chi connectivity index (χ0v) is 9.70. The summed E-state index contributed by atoms with van der Waals surface area (Å²) in [5.74, 6) is -2.07. The number of ether oxygens (including phenoxy) is 1. The van der Waals surface area contributed by atoms with E-state index in [0.29, 0.717) is 12.8 Å². The van der Waals surface area contributed by atoms with Crippen LogP contribution >= 0.6 is 0 Å². The van der Waals surface area contributed by atoms with Gasteiger partial charge in [-0.1, -0.05) is 0 Å². The van der Waals surface area contributed by atoms with E-state index in [4.69, 9.17) is 9.84 Å². The smallest absolute Gasteiger partial charge is 0.319 e. The second-order valence-electron chi connectivity index (χ2n) is 4.19. The first-order chi connectivity index (χ1) is 8.49. The van der Waals surface area contributed by atoms with Crippen LogP contribution in [0.2, 0.25) is 0 Å². The zero-order valence-electron chi connectivity index (χ0n) is 9.70. The second kappa shape index (κ2) is 4.29. The lowest BCUT2D eigenvalue weighted by Crippen LogP contribution is -2.31. The fourth-order valence-corrected chi connectivity index (χ4v) is 1.67. The number of benzene rings is 1. The number of methoxy groups -OCH3 is 1. The summed E-state index contributed by atoms with van der Waals surface area (Å²) >= 11 is 0. The number of amides is 1. The number of anilines is 1. The highest BCUT2D eigenvalue weighted by atomic mass is 19.1. The molecule has 0 radical (unpaired) electrons. The number of hydrogen-bond donors (Lipinski definition) is 2. The quantitative estimate of drug-likeness (QED) is 0.800. The van der Waals surface area contributed by atoms with E-state index in [1.807, 2.05) is 0 Å². The van der Waals surface area contributed by atoms with Gasteiger partial charge in [0.15, 0.2) is 0 Å². The van der Waals surface area contributed by atoms with Crippen molar-refractivity contribution in [3.05, 3.63) is 24.0 Å². The molecule has 0 atom stereocenters. The molecule has 1 aromatic rings. The molecule has 0 aromatic heterocycles. The van der Waals surface area contributed by atoms with Crippen molar-refractivity contribution >= 4 is 17.6 Å². The summed E-state index contributed by atoms with van der Waals surface area (Å²) in [4.78, 5) is 22.8. The van der Waals surface area contributed by atoms with Crippen LogP contribution in [0.1, 0.15) is 12.8 Å². The highest BCUT2D eigenvalue weighted by molar-refractivity contribution is 6.11. The van der Waals surface area contributed by atoms with Gasteiger partial charge in [0, 0.05) is 6.07 Å². The van der Waals surface area contributed by atoms with Gasteiger partial charge in [-0.05, 0) is 25.0 Å². The molecule has 5 nitrogen and oxygen atoms in total. The van der Waals surface area contributed by atoms with E-state index in [-0.39, 0.29) is 11.4 Å². The fourth-order valence-electron chi connectivity index (χ4n) is 1.67. The molecule has 1 fully saturated rings. The van der Waals surface area contributed by atoms with Crippen LogP contribution in [-0.2, 0) is 9.59 Å². The van der Waals surface area contributed by atoms with Crippen molar-refractivity contribution in [2.75, 3.05) is 12.4 Å². The molecule has 2 rings (SSSR count). The normalized spacial score (nSPS) is 15.9. The molecule has 1 saturated carbocycles. The Hall–Kier alpha value is -2.11. The van der Waals surface area contributed by atoms with E-state index < -0.39 is 23.1 Å². The van der Waals surface area contributed by atoms with E-state index in [0.717, 1.165) is 6.07 Å². The highest BCUT2D eigenvalue weighted by Crippen LogP contribution is 2.47. The lowest BCUT2D eigenvalue weighted by Gasteiger charge is -2.13. The molecule has 18 heavy (non-hydrogen) atoms. The van der Waals surface area contributed by atoms with Gasteiger partial charge in [0.1, 0.15) is 17.0 Å². The van der Waals surface area contributed by atoms with Crippen LogP contribution in [0.15, 0.2) is 18.2 Å². The molecule has 0 saturated heterocycles. The molecule has 1 aliphatic rings. The van der Waals surface area contributed by atoms with Gasteiger partial charge in [-0.25, -0.2) is 4.39 Å². The molecule has 2 N–H and O–H groups in total. The molecule has 6 heteroatoms. The zero-order chi connectivity index (χ0) is 13.3. The van der Waals surface area contributed by atoms with Gasteiger partial charge in [0.2, 0.25) is 5.91 Å². The molecule has 1 aliphatic carbocycles. The Labute approximate surface area is 103 Å². The molecule has 0 heterocycles. The summed E-state index contributed by atoms with van der Waals surface area (Å²) in [5.41, 5.74) is -1.07. The number of aliphatic carboxylic acids is 1. The van der Waals surface area contributed by atoms with Crippen molar-refractivity contribution < 1.29 is 23.8 Å². The average molecular weight is 253 g/mol. The van der Waals surface area contributed by atoms with Crippen LogP contribution in [0.5, 0.6) is 5.75 Å². The summed E-state index contributed by atoms with van der Waals surface area (Å²) < 4.78 is 17.9. The summed E-state index contributed by atoms with van der Waals surface area (Å²) in [6.45, 7) is 0.